The second-order valence-corrected chi connectivity index (χ2v) is 6.90. The summed E-state index contributed by atoms with van der Waals surface area (Å²) in [6, 6.07) is 0. The summed E-state index contributed by atoms with van der Waals surface area (Å²) >= 11 is 1.75. The number of hydrogen-bond donors (Lipinski definition) is 0. The molecule has 0 aliphatic carbocycles. The highest BCUT2D eigenvalue weighted by molar-refractivity contribution is 8.00. The van der Waals surface area contributed by atoms with Crippen LogP contribution in [0.1, 0.15) is 33.2 Å². The molecule has 2 aliphatic rings. The van der Waals surface area contributed by atoms with E-state index in [2.05, 4.69) is 32.7 Å². The molecule has 102 valence electrons. The van der Waals surface area contributed by atoms with Crippen molar-refractivity contribution >= 4 is 24.5 Å². The van der Waals surface area contributed by atoms with Crippen molar-refractivity contribution in [3.63, 3.8) is 0 Å². The van der Waals surface area contributed by atoms with Crippen LogP contribution in [0, 0.1) is 0 Å². The number of rotatable bonds is 2. The first-order valence-electron chi connectivity index (χ1n) is 6.40. The first-order valence-corrected chi connectivity index (χ1v) is 7.45. The average molecular weight is 279 g/mol. The summed E-state index contributed by atoms with van der Waals surface area (Å²) in [5, 5.41) is 0. The lowest BCUT2D eigenvalue weighted by Crippen LogP contribution is -2.41. The van der Waals surface area contributed by atoms with Crippen LogP contribution < -0.4 is 0 Å². The van der Waals surface area contributed by atoms with E-state index < -0.39 is 0 Å². The third-order valence-corrected chi connectivity index (χ3v) is 5.07. The molecule has 2 aliphatic heterocycles. The molecule has 0 aromatic carbocycles. The highest BCUT2D eigenvalue weighted by Gasteiger charge is 2.53. The van der Waals surface area contributed by atoms with Gasteiger partial charge in [0.05, 0.1) is 23.1 Å². The molecule has 3 rings (SSSR count). The van der Waals surface area contributed by atoms with Crippen LogP contribution in [0.4, 0.5) is 0 Å². The summed E-state index contributed by atoms with van der Waals surface area (Å²) in [7, 11) is -0.328. The summed E-state index contributed by atoms with van der Waals surface area (Å²) in [6.45, 7) is 8.23. The van der Waals surface area contributed by atoms with Gasteiger partial charge >= 0.3 is 7.12 Å². The monoisotopic (exact) mass is 279 g/mol. The predicted molar refractivity (Wildman–Crippen MR) is 77.2 cm³/mol. The van der Waals surface area contributed by atoms with Gasteiger partial charge in [-0.25, -0.2) is 4.98 Å². The summed E-state index contributed by atoms with van der Waals surface area (Å²) in [6.07, 6.45) is 5.48. The van der Waals surface area contributed by atoms with Crippen molar-refractivity contribution < 1.29 is 9.31 Å². The maximum absolute atomic E-state index is 6.02. The van der Waals surface area contributed by atoms with Crippen molar-refractivity contribution in [2.75, 3.05) is 5.75 Å². The van der Waals surface area contributed by atoms with Crippen LogP contribution in [0.3, 0.4) is 0 Å². The van der Waals surface area contributed by atoms with E-state index in [0.717, 1.165) is 11.4 Å². The second kappa shape index (κ2) is 4.36. The van der Waals surface area contributed by atoms with Crippen molar-refractivity contribution in [2.45, 2.75) is 44.4 Å². The molecule has 0 N–H and O–H groups in total. The molecular formula is C12H18BN3O2S. The molecule has 19 heavy (non-hydrogen) atoms. The minimum absolute atomic E-state index is 0.0523. The van der Waals surface area contributed by atoms with Crippen molar-refractivity contribution in [2.24, 2.45) is 4.99 Å². The van der Waals surface area contributed by atoms with Crippen LogP contribution in [-0.2, 0) is 9.31 Å². The highest BCUT2D eigenvalue weighted by Crippen LogP contribution is 2.39. The molecule has 1 atom stereocenters. The Bertz CT molecular complexity index is 485. The maximum Gasteiger partial charge on any atom is 0.510 e. The van der Waals surface area contributed by atoms with Gasteiger partial charge in [0.25, 0.3) is 0 Å². The van der Waals surface area contributed by atoms with Gasteiger partial charge in [0.1, 0.15) is 0 Å². The quantitative estimate of drug-likeness (QED) is 0.778. The lowest BCUT2D eigenvalue weighted by atomic mass is 9.83. The minimum atomic E-state index is -0.328. The van der Waals surface area contributed by atoms with Gasteiger partial charge in [-0.1, -0.05) is 0 Å². The fourth-order valence-corrected chi connectivity index (χ4v) is 3.07. The normalized spacial score (nSPS) is 28.7. The van der Waals surface area contributed by atoms with Crippen LogP contribution in [0.2, 0.25) is 0 Å². The van der Waals surface area contributed by atoms with E-state index in [1.54, 1.807) is 24.3 Å². The molecule has 5 nitrogen and oxygen atoms in total. The van der Waals surface area contributed by atoms with Crippen molar-refractivity contribution in [3.8, 4) is 0 Å². The van der Waals surface area contributed by atoms with E-state index in [9.17, 15) is 0 Å². The average Bonchev–Trinajstić information content (AvgIpc) is 3.00. The molecule has 0 radical (unpaired) electrons. The lowest BCUT2D eigenvalue weighted by molar-refractivity contribution is 0.00578. The number of hydrogen-bond acceptors (Lipinski definition) is 5. The Labute approximate surface area is 117 Å². The van der Waals surface area contributed by atoms with E-state index >= 15 is 0 Å². The third-order valence-electron chi connectivity index (χ3n) is 3.96. The highest BCUT2D eigenvalue weighted by atomic mass is 32.2. The van der Waals surface area contributed by atoms with Gasteiger partial charge in [-0.15, -0.1) is 11.8 Å². The minimum Gasteiger partial charge on any atom is -0.399 e. The van der Waals surface area contributed by atoms with Crippen LogP contribution in [-0.4, -0.2) is 39.2 Å². The number of aliphatic imine (C=N–C) groups is 1. The Balaban J connectivity index is 1.77. The van der Waals surface area contributed by atoms with E-state index in [-0.39, 0.29) is 23.8 Å². The predicted octanol–water partition coefficient (Wildman–Crippen LogP) is 2.16. The molecule has 0 amide bonds. The van der Waals surface area contributed by atoms with E-state index in [4.69, 9.17) is 14.3 Å². The molecule has 1 aromatic heterocycles. The van der Waals surface area contributed by atoms with Gasteiger partial charge in [-0.05, 0) is 27.7 Å². The number of imidazole rings is 1. The SMILES string of the molecule is CC1(C)OB(C2=NC(n3ccnc3)SC2)OC1(C)C. The largest absolute Gasteiger partial charge is 0.510 e. The zero-order chi connectivity index (χ0) is 13.7. The van der Waals surface area contributed by atoms with Crippen LogP contribution in [0.15, 0.2) is 23.7 Å². The zero-order valence-electron chi connectivity index (χ0n) is 11.7. The number of thioether (sulfide) groups is 1. The fraction of sp³-hybridized carbons (Fsp3) is 0.667. The topological polar surface area (TPSA) is 48.6 Å². The summed E-state index contributed by atoms with van der Waals surface area (Å²) in [5.74, 6) is 0.833. The maximum atomic E-state index is 6.02. The Hall–Kier alpha value is -0.785. The zero-order valence-corrected chi connectivity index (χ0v) is 12.5. The fourth-order valence-electron chi connectivity index (χ4n) is 2.04. The third kappa shape index (κ3) is 2.24. The van der Waals surface area contributed by atoms with Gasteiger partial charge in [-0.2, -0.15) is 0 Å². The van der Waals surface area contributed by atoms with Gasteiger partial charge in [0, 0.05) is 18.1 Å². The van der Waals surface area contributed by atoms with E-state index in [0.29, 0.717) is 0 Å². The van der Waals surface area contributed by atoms with Gasteiger partial charge in [-0.3, -0.25) is 4.99 Å². The Kier molecular flexibility index (Phi) is 3.03. The Morgan fingerprint density at radius 2 is 2.00 bits per heavy atom. The number of aromatic nitrogens is 2. The van der Waals surface area contributed by atoms with Crippen LogP contribution in [0.25, 0.3) is 0 Å². The molecule has 3 heterocycles. The summed E-state index contributed by atoms with van der Waals surface area (Å²) in [5.41, 5.74) is 0.412. The van der Waals surface area contributed by atoms with Gasteiger partial charge < -0.3 is 13.9 Å². The molecule has 1 aromatic rings. The Morgan fingerprint density at radius 3 is 2.58 bits per heavy atom. The van der Waals surface area contributed by atoms with Crippen LogP contribution >= 0.6 is 11.8 Å². The van der Waals surface area contributed by atoms with Gasteiger partial charge in [0.2, 0.25) is 0 Å². The first kappa shape index (κ1) is 13.2. The molecule has 0 saturated carbocycles. The smallest absolute Gasteiger partial charge is 0.399 e. The van der Waals surface area contributed by atoms with Crippen molar-refractivity contribution in [1.82, 2.24) is 9.55 Å². The number of nitrogens with zero attached hydrogens (tertiary/aromatic N) is 3. The standard InChI is InChI=1S/C12H18BN3O2S/c1-11(2)12(3,4)18-13(17-11)9-7-19-10(15-9)16-6-5-14-8-16/h5-6,8,10H,7H2,1-4H3. The van der Waals surface area contributed by atoms with E-state index in [1.165, 1.54) is 0 Å². The molecule has 7 heteroatoms. The summed E-state index contributed by atoms with van der Waals surface area (Å²) < 4.78 is 14.0. The second-order valence-electron chi connectivity index (χ2n) is 5.86. The van der Waals surface area contributed by atoms with Gasteiger partial charge in [0.15, 0.2) is 5.50 Å². The summed E-state index contributed by atoms with van der Waals surface area (Å²) in [4.78, 5) is 8.75. The molecule has 1 unspecified atom stereocenters. The Morgan fingerprint density at radius 1 is 1.32 bits per heavy atom. The molecule has 1 saturated heterocycles. The molecule has 0 spiro atoms. The van der Waals surface area contributed by atoms with E-state index in [1.807, 2.05) is 10.8 Å². The molecule has 1 fully saturated rings. The van der Waals surface area contributed by atoms with Crippen molar-refractivity contribution in [1.29, 1.82) is 0 Å². The lowest BCUT2D eigenvalue weighted by Gasteiger charge is -2.32. The first-order chi connectivity index (χ1) is 8.89. The van der Waals surface area contributed by atoms with Crippen LogP contribution in [0.5, 0.6) is 0 Å². The van der Waals surface area contributed by atoms with Crippen molar-refractivity contribution in [3.05, 3.63) is 18.7 Å². The molecule has 0 bridgehead atoms. The molecular weight excluding hydrogens is 261 g/mol.